The molecule has 1 aromatic rings. The third kappa shape index (κ3) is 5.41. The first kappa shape index (κ1) is 15.7. The van der Waals surface area contributed by atoms with E-state index in [-0.39, 0.29) is 29.1 Å². The number of amides is 1. The van der Waals surface area contributed by atoms with Crippen LogP contribution in [0.4, 0.5) is 4.39 Å². The van der Waals surface area contributed by atoms with Crippen LogP contribution in [0.5, 0.6) is 0 Å². The molecule has 0 saturated carbocycles. The largest absolute Gasteiger partial charge is 0.396 e. The van der Waals surface area contributed by atoms with Gasteiger partial charge in [0.15, 0.2) is 0 Å². The van der Waals surface area contributed by atoms with Gasteiger partial charge in [-0.3, -0.25) is 4.79 Å². The van der Waals surface area contributed by atoms with Gasteiger partial charge < -0.3 is 10.4 Å². The number of nitrogens with one attached hydrogen (secondary N) is 1. The normalized spacial score (nSPS) is 12.6. The minimum absolute atomic E-state index is 0.0413. The van der Waals surface area contributed by atoms with Crippen LogP contribution in [0.1, 0.15) is 25.3 Å². The van der Waals surface area contributed by atoms with Crippen molar-refractivity contribution in [3.8, 4) is 0 Å². The van der Waals surface area contributed by atoms with Crippen LogP contribution in [0.3, 0.4) is 0 Å². The summed E-state index contributed by atoms with van der Waals surface area (Å²) < 4.78 is 13.4. The van der Waals surface area contributed by atoms with Gasteiger partial charge in [0.05, 0.1) is 5.02 Å². The Balaban J connectivity index is 2.59. The van der Waals surface area contributed by atoms with Crippen LogP contribution >= 0.6 is 11.6 Å². The minimum atomic E-state index is -0.468. The number of carbonyl (C=O) groups excluding carboxylic acids is 1. The monoisotopic (exact) mass is 285 g/mol. The molecule has 3 nitrogen and oxygen atoms in total. The molecular weight excluding hydrogens is 269 g/mol. The molecule has 2 N–H and O–H groups in total. The summed E-state index contributed by atoms with van der Waals surface area (Å²) in [5, 5.41) is 11.7. The van der Waals surface area contributed by atoms with Crippen molar-refractivity contribution in [3.05, 3.63) is 40.7 Å². The van der Waals surface area contributed by atoms with E-state index >= 15 is 0 Å². The molecule has 0 spiro atoms. The van der Waals surface area contributed by atoms with Gasteiger partial charge >= 0.3 is 0 Å². The van der Waals surface area contributed by atoms with Gasteiger partial charge in [0.1, 0.15) is 5.82 Å². The lowest BCUT2D eigenvalue weighted by molar-refractivity contribution is -0.117. The first-order chi connectivity index (χ1) is 9.04. The van der Waals surface area contributed by atoms with Crippen LogP contribution in [0.15, 0.2) is 24.3 Å². The van der Waals surface area contributed by atoms with Gasteiger partial charge in [-0.2, -0.15) is 0 Å². The molecule has 104 valence electrons. The van der Waals surface area contributed by atoms with Crippen molar-refractivity contribution >= 4 is 23.6 Å². The van der Waals surface area contributed by atoms with E-state index in [0.29, 0.717) is 12.8 Å². The summed E-state index contributed by atoms with van der Waals surface area (Å²) in [7, 11) is 0. The molecule has 19 heavy (non-hydrogen) atoms. The molecule has 0 aromatic heterocycles. The van der Waals surface area contributed by atoms with E-state index in [9.17, 15) is 9.18 Å². The lowest BCUT2D eigenvalue weighted by Gasteiger charge is -2.11. The van der Waals surface area contributed by atoms with E-state index in [2.05, 4.69) is 5.32 Å². The Hall–Kier alpha value is -1.39. The second kappa shape index (κ2) is 7.92. The minimum Gasteiger partial charge on any atom is -0.396 e. The van der Waals surface area contributed by atoms with Crippen molar-refractivity contribution in [1.29, 1.82) is 0 Å². The van der Waals surface area contributed by atoms with Crippen molar-refractivity contribution in [2.45, 2.75) is 25.8 Å². The molecule has 0 aliphatic heterocycles. The molecule has 0 aliphatic carbocycles. The van der Waals surface area contributed by atoms with Gasteiger partial charge in [-0.1, -0.05) is 17.7 Å². The number of carbonyl (C=O) groups is 1. The Kier molecular flexibility index (Phi) is 6.53. The highest BCUT2D eigenvalue weighted by molar-refractivity contribution is 6.32. The molecule has 1 aromatic carbocycles. The molecule has 1 rings (SSSR count). The fourth-order valence-electron chi connectivity index (χ4n) is 1.59. The SMILES string of the molecule is CC(CCCO)NC(=O)C=Cc1c(F)cccc1Cl. The molecule has 5 heteroatoms. The summed E-state index contributed by atoms with van der Waals surface area (Å²) in [5.41, 5.74) is 0.197. The van der Waals surface area contributed by atoms with Crippen LogP contribution in [0.2, 0.25) is 5.02 Å². The Bertz CT molecular complexity index is 443. The fraction of sp³-hybridized carbons (Fsp3) is 0.357. The molecular formula is C14H17ClFNO2. The second-order valence-electron chi connectivity index (χ2n) is 4.24. The predicted molar refractivity (Wildman–Crippen MR) is 74.4 cm³/mol. The number of benzene rings is 1. The Morgan fingerprint density at radius 3 is 2.95 bits per heavy atom. The van der Waals surface area contributed by atoms with Gasteiger partial charge in [-0.25, -0.2) is 4.39 Å². The average Bonchev–Trinajstić information content (AvgIpc) is 2.35. The van der Waals surface area contributed by atoms with Gasteiger partial charge in [0, 0.05) is 24.3 Å². The maximum absolute atomic E-state index is 13.4. The lowest BCUT2D eigenvalue weighted by atomic mass is 10.1. The number of hydrogen-bond acceptors (Lipinski definition) is 2. The van der Waals surface area contributed by atoms with Gasteiger partial charge in [0.2, 0.25) is 5.91 Å². The van der Waals surface area contributed by atoms with Gasteiger partial charge in [0.25, 0.3) is 0 Å². The van der Waals surface area contributed by atoms with Gasteiger partial charge in [-0.05, 0) is 38.0 Å². The molecule has 0 radical (unpaired) electrons. The van der Waals surface area contributed by atoms with Crippen LogP contribution in [0.25, 0.3) is 6.08 Å². The summed E-state index contributed by atoms with van der Waals surface area (Å²) in [6.45, 7) is 1.94. The predicted octanol–water partition coefficient (Wildman–Crippen LogP) is 2.77. The fourth-order valence-corrected chi connectivity index (χ4v) is 1.82. The second-order valence-corrected chi connectivity index (χ2v) is 4.65. The smallest absolute Gasteiger partial charge is 0.244 e. The number of hydrogen-bond donors (Lipinski definition) is 2. The van der Waals surface area contributed by atoms with E-state index in [1.807, 2.05) is 6.92 Å². The number of rotatable bonds is 6. The van der Waals surface area contributed by atoms with Crippen molar-refractivity contribution in [1.82, 2.24) is 5.32 Å². The number of halogens is 2. The molecule has 1 amide bonds. The van der Waals surface area contributed by atoms with E-state index < -0.39 is 5.82 Å². The molecule has 0 fully saturated rings. The van der Waals surface area contributed by atoms with Gasteiger partial charge in [-0.15, -0.1) is 0 Å². The first-order valence-electron chi connectivity index (χ1n) is 6.08. The summed E-state index contributed by atoms with van der Waals surface area (Å²) in [4.78, 5) is 11.6. The topological polar surface area (TPSA) is 49.3 Å². The zero-order valence-electron chi connectivity index (χ0n) is 10.7. The summed E-state index contributed by atoms with van der Waals surface area (Å²) in [5.74, 6) is -0.783. The Morgan fingerprint density at radius 2 is 2.32 bits per heavy atom. The zero-order valence-corrected chi connectivity index (χ0v) is 11.5. The lowest BCUT2D eigenvalue weighted by Crippen LogP contribution is -2.31. The molecule has 0 aliphatic rings. The van der Waals surface area contributed by atoms with Crippen molar-refractivity contribution < 1.29 is 14.3 Å². The Labute approximate surface area is 117 Å². The van der Waals surface area contributed by atoms with Crippen LogP contribution in [-0.4, -0.2) is 23.7 Å². The summed E-state index contributed by atoms with van der Waals surface area (Å²) >= 11 is 5.84. The van der Waals surface area contributed by atoms with E-state index in [4.69, 9.17) is 16.7 Å². The number of aliphatic hydroxyl groups excluding tert-OH is 1. The molecule has 0 saturated heterocycles. The number of aliphatic hydroxyl groups is 1. The molecule has 0 bridgehead atoms. The highest BCUT2D eigenvalue weighted by atomic mass is 35.5. The third-order valence-electron chi connectivity index (χ3n) is 2.58. The van der Waals surface area contributed by atoms with Crippen molar-refractivity contribution in [2.24, 2.45) is 0 Å². The zero-order chi connectivity index (χ0) is 14.3. The quantitative estimate of drug-likeness (QED) is 0.790. The van der Waals surface area contributed by atoms with Crippen molar-refractivity contribution in [3.63, 3.8) is 0 Å². The maximum Gasteiger partial charge on any atom is 0.244 e. The van der Waals surface area contributed by atoms with E-state index in [1.165, 1.54) is 24.3 Å². The molecule has 1 unspecified atom stereocenters. The summed E-state index contributed by atoms with van der Waals surface area (Å²) in [6, 6.07) is 4.31. The van der Waals surface area contributed by atoms with E-state index in [0.717, 1.165) is 0 Å². The highest BCUT2D eigenvalue weighted by Gasteiger charge is 2.06. The standard InChI is InChI=1S/C14H17ClFNO2/c1-10(4-3-9-18)17-14(19)8-7-11-12(15)5-2-6-13(11)16/h2,5-8,10,18H,3-4,9H2,1H3,(H,17,19). The molecule has 0 heterocycles. The highest BCUT2D eigenvalue weighted by Crippen LogP contribution is 2.20. The van der Waals surface area contributed by atoms with E-state index in [1.54, 1.807) is 6.07 Å². The summed E-state index contributed by atoms with van der Waals surface area (Å²) in [6.07, 6.45) is 3.92. The molecule has 1 atom stereocenters. The first-order valence-corrected chi connectivity index (χ1v) is 6.46. The van der Waals surface area contributed by atoms with Crippen molar-refractivity contribution in [2.75, 3.05) is 6.61 Å². The maximum atomic E-state index is 13.4. The third-order valence-corrected chi connectivity index (χ3v) is 2.91. The van der Waals surface area contributed by atoms with Crippen LogP contribution in [-0.2, 0) is 4.79 Å². The van der Waals surface area contributed by atoms with Crippen LogP contribution < -0.4 is 5.32 Å². The average molecular weight is 286 g/mol. The Morgan fingerprint density at radius 1 is 1.58 bits per heavy atom. The van der Waals surface area contributed by atoms with Crippen LogP contribution in [0, 0.1) is 5.82 Å².